The Morgan fingerprint density at radius 2 is 1.75 bits per heavy atom. The highest BCUT2D eigenvalue weighted by Gasteiger charge is 2.24. The van der Waals surface area contributed by atoms with Crippen LogP contribution in [-0.2, 0) is 0 Å². The number of hydrogen-bond donors (Lipinski definition) is 2. The van der Waals surface area contributed by atoms with Crippen LogP contribution in [0.1, 0.15) is 45.4 Å². The van der Waals surface area contributed by atoms with Gasteiger partial charge in [0.25, 0.3) is 0 Å². The molecule has 0 aliphatic heterocycles. The maximum atomic E-state index is 6.04. The van der Waals surface area contributed by atoms with Crippen molar-refractivity contribution in [2.45, 2.75) is 57.5 Å². The molecule has 0 aromatic carbocycles. The van der Waals surface area contributed by atoms with Gasteiger partial charge in [-0.05, 0) is 25.2 Å². The highest BCUT2D eigenvalue weighted by atomic mass is 14.8. The third kappa shape index (κ3) is 2.46. The van der Waals surface area contributed by atoms with Crippen LogP contribution in [0.5, 0.6) is 0 Å². The molecule has 1 aliphatic carbocycles. The molecule has 4 N–H and O–H groups in total. The first kappa shape index (κ1) is 10.0. The van der Waals surface area contributed by atoms with Crippen molar-refractivity contribution in [2.75, 3.05) is 0 Å². The first-order valence-electron chi connectivity index (χ1n) is 5.11. The van der Waals surface area contributed by atoms with Gasteiger partial charge >= 0.3 is 0 Å². The summed E-state index contributed by atoms with van der Waals surface area (Å²) < 4.78 is 0. The second kappa shape index (κ2) is 4.83. The lowest BCUT2D eigenvalue weighted by Crippen LogP contribution is -2.45. The van der Waals surface area contributed by atoms with Gasteiger partial charge in [0.2, 0.25) is 0 Å². The van der Waals surface area contributed by atoms with Crippen LogP contribution in [0.15, 0.2) is 0 Å². The zero-order valence-corrected chi connectivity index (χ0v) is 8.05. The minimum Gasteiger partial charge on any atom is -0.326 e. The van der Waals surface area contributed by atoms with Crippen LogP contribution in [0.3, 0.4) is 0 Å². The average Bonchev–Trinajstić information content (AvgIpc) is 2.17. The number of hydrogen-bond acceptors (Lipinski definition) is 2. The molecule has 1 saturated carbocycles. The van der Waals surface area contributed by atoms with Crippen molar-refractivity contribution in [3.05, 3.63) is 5.92 Å². The summed E-state index contributed by atoms with van der Waals surface area (Å²) in [4.78, 5) is 0. The van der Waals surface area contributed by atoms with Crippen LogP contribution in [0.2, 0.25) is 0 Å². The predicted octanol–water partition coefficient (Wildman–Crippen LogP) is 1.59. The van der Waals surface area contributed by atoms with E-state index in [1.807, 2.05) is 0 Å². The molecule has 2 heteroatoms. The monoisotopic (exact) mass is 169 g/mol. The summed E-state index contributed by atoms with van der Waals surface area (Å²) in [7, 11) is 0. The molecule has 0 saturated heterocycles. The van der Waals surface area contributed by atoms with E-state index in [0.717, 1.165) is 6.42 Å². The maximum Gasteiger partial charge on any atom is 0.0255 e. The molecule has 1 radical (unpaired) electrons. The molecular weight excluding hydrogens is 148 g/mol. The lowest BCUT2D eigenvalue weighted by atomic mass is 9.81. The standard InChI is InChI=1S/C10H21N2/c1-2-9(11)10(12)8-6-4-3-5-7-8/h9-10H,2-7,11-12H2,1H3. The molecule has 71 valence electrons. The normalized spacial score (nSPS) is 25.2. The Morgan fingerprint density at radius 1 is 1.17 bits per heavy atom. The Kier molecular flexibility index (Phi) is 4.02. The van der Waals surface area contributed by atoms with Gasteiger partial charge in [0.15, 0.2) is 0 Å². The summed E-state index contributed by atoms with van der Waals surface area (Å²) >= 11 is 0. The van der Waals surface area contributed by atoms with E-state index in [0.29, 0.717) is 0 Å². The lowest BCUT2D eigenvalue weighted by Gasteiger charge is -2.30. The van der Waals surface area contributed by atoms with Gasteiger partial charge in [-0.3, -0.25) is 0 Å². The second-order valence-corrected chi connectivity index (χ2v) is 3.82. The van der Waals surface area contributed by atoms with Gasteiger partial charge in [-0.25, -0.2) is 0 Å². The summed E-state index contributed by atoms with van der Waals surface area (Å²) in [5.41, 5.74) is 11.9. The summed E-state index contributed by atoms with van der Waals surface area (Å²) in [5.74, 6) is 1.51. The topological polar surface area (TPSA) is 52.0 Å². The third-order valence-corrected chi connectivity index (χ3v) is 2.90. The average molecular weight is 169 g/mol. The van der Waals surface area contributed by atoms with Gasteiger partial charge in [-0.1, -0.05) is 26.2 Å². The van der Waals surface area contributed by atoms with Crippen molar-refractivity contribution in [1.82, 2.24) is 0 Å². The molecule has 2 atom stereocenters. The highest BCUT2D eigenvalue weighted by Crippen LogP contribution is 2.28. The smallest absolute Gasteiger partial charge is 0.0255 e. The Bertz CT molecular complexity index is 119. The predicted molar refractivity (Wildman–Crippen MR) is 52.6 cm³/mol. The molecule has 12 heavy (non-hydrogen) atoms. The maximum absolute atomic E-state index is 6.04. The molecule has 0 spiro atoms. The van der Waals surface area contributed by atoms with Gasteiger partial charge in [-0.2, -0.15) is 0 Å². The minimum atomic E-state index is 0.162. The first-order valence-corrected chi connectivity index (χ1v) is 5.11. The van der Waals surface area contributed by atoms with E-state index < -0.39 is 0 Å². The van der Waals surface area contributed by atoms with Crippen LogP contribution in [0.25, 0.3) is 0 Å². The van der Waals surface area contributed by atoms with E-state index >= 15 is 0 Å². The van der Waals surface area contributed by atoms with E-state index in [2.05, 4.69) is 6.92 Å². The molecule has 1 fully saturated rings. The Morgan fingerprint density at radius 3 is 2.25 bits per heavy atom. The van der Waals surface area contributed by atoms with E-state index in [1.165, 1.54) is 38.0 Å². The molecule has 0 aromatic heterocycles. The number of nitrogens with two attached hydrogens (primary N) is 2. The summed E-state index contributed by atoms with van der Waals surface area (Å²) in [6.07, 6.45) is 7.44. The zero-order chi connectivity index (χ0) is 8.97. The molecule has 2 nitrogen and oxygen atoms in total. The Labute approximate surface area is 75.7 Å². The third-order valence-electron chi connectivity index (χ3n) is 2.90. The second-order valence-electron chi connectivity index (χ2n) is 3.82. The largest absolute Gasteiger partial charge is 0.326 e. The Hall–Kier alpha value is -0.0800. The SMILES string of the molecule is CCC(N)C(N)[C]1CCCCC1. The fourth-order valence-corrected chi connectivity index (χ4v) is 1.90. The van der Waals surface area contributed by atoms with Crippen LogP contribution in [0.4, 0.5) is 0 Å². The molecule has 0 aromatic rings. The molecule has 1 rings (SSSR count). The van der Waals surface area contributed by atoms with Gasteiger partial charge in [-0.15, -0.1) is 0 Å². The van der Waals surface area contributed by atoms with Crippen molar-refractivity contribution >= 4 is 0 Å². The fourth-order valence-electron chi connectivity index (χ4n) is 1.90. The Balaban J connectivity index is 2.33. The van der Waals surface area contributed by atoms with E-state index in [9.17, 15) is 0 Å². The van der Waals surface area contributed by atoms with Crippen molar-refractivity contribution in [3.63, 3.8) is 0 Å². The van der Waals surface area contributed by atoms with Crippen molar-refractivity contribution < 1.29 is 0 Å². The van der Waals surface area contributed by atoms with Gasteiger partial charge in [0, 0.05) is 12.1 Å². The van der Waals surface area contributed by atoms with Crippen LogP contribution >= 0.6 is 0 Å². The minimum absolute atomic E-state index is 0.162. The molecule has 0 amide bonds. The molecule has 2 unspecified atom stereocenters. The van der Waals surface area contributed by atoms with Crippen molar-refractivity contribution in [2.24, 2.45) is 11.5 Å². The highest BCUT2D eigenvalue weighted by molar-refractivity contribution is 5.05. The summed E-state index contributed by atoms with van der Waals surface area (Å²) in [5, 5.41) is 0. The van der Waals surface area contributed by atoms with Crippen molar-refractivity contribution in [1.29, 1.82) is 0 Å². The van der Waals surface area contributed by atoms with E-state index in [-0.39, 0.29) is 12.1 Å². The zero-order valence-electron chi connectivity index (χ0n) is 8.05. The first-order chi connectivity index (χ1) is 5.75. The fraction of sp³-hybridized carbons (Fsp3) is 0.900. The lowest BCUT2D eigenvalue weighted by molar-refractivity contribution is 0.425. The molecule has 1 aliphatic rings. The van der Waals surface area contributed by atoms with Crippen LogP contribution < -0.4 is 11.5 Å². The summed E-state index contributed by atoms with van der Waals surface area (Å²) in [6, 6.07) is 0.341. The number of rotatable bonds is 3. The van der Waals surface area contributed by atoms with Gasteiger partial charge in [0.1, 0.15) is 0 Å². The van der Waals surface area contributed by atoms with Gasteiger partial charge < -0.3 is 11.5 Å². The van der Waals surface area contributed by atoms with Gasteiger partial charge in [0.05, 0.1) is 0 Å². The molecule has 0 heterocycles. The van der Waals surface area contributed by atoms with E-state index in [4.69, 9.17) is 11.5 Å². The van der Waals surface area contributed by atoms with Crippen LogP contribution in [0, 0.1) is 5.92 Å². The molecular formula is C10H21N2. The van der Waals surface area contributed by atoms with E-state index in [1.54, 1.807) is 0 Å². The summed E-state index contributed by atoms with van der Waals surface area (Å²) in [6.45, 7) is 2.11. The van der Waals surface area contributed by atoms with Crippen molar-refractivity contribution in [3.8, 4) is 0 Å². The van der Waals surface area contributed by atoms with Crippen LogP contribution in [-0.4, -0.2) is 12.1 Å². The molecule has 0 bridgehead atoms. The quantitative estimate of drug-likeness (QED) is 0.674.